The first-order valence-electron chi connectivity index (χ1n) is 34.8. The molecule has 0 aliphatic carbocycles. The van der Waals surface area contributed by atoms with Crippen molar-refractivity contribution in [2.45, 2.75) is 0 Å². The third kappa shape index (κ3) is 19.3. The van der Waals surface area contributed by atoms with Crippen LogP contribution < -0.4 is 29.4 Å². The Morgan fingerprint density at radius 1 is 0.245 bits per heavy atom. The Morgan fingerprint density at radius 2 is 0.443 bits per heavy atom. The molecule has 0 aliphatic heterocycles. The van der Waals surface area contributed by atoms with Crippen molar-refractivity contribution in [2.75, 3.05) is 85.8 Å². The zero-order valence-electron chi connectivity index (χ0n) is 61.0. The standard InChI is InChI=1S/C52H44N6.C44H38N4/c1-54-52(37-40-18-26-49(27-19-40)58(47-14-10-7-11-15-47)51-34-30-45(31-35-51)56(4)5)42-22-20-41(21-23-42)43(38-53)36-39-16-24-48(25-17-39)57(46-12-8-6-9-13-46)50-32-28-44(29-33-50)55(2)3;1-46-44(31-38-16-12-34(13-17-38)7-9-36-20-28-43(29-21-36)48(4)5)40-24-22-39(23-25-40)41(32-45)30-37-14-10-33(11-15-37)6-8-35-18-26-42(27-19-35)47(2)3/h6-37H,2-5H3;6-31H,2-5H3/b43-36+,52-37-;8-6+,9-7+,41-30+,44-31-. The minimum Gasteiger partial charge on any atom is -0.378 e. The molecule has 0 fully saturated rings. The summed E-state index contributed by atoms with van der Waals surface area (Å²) in [5, 5.41) is 20.1. The molecule has 12 aromatic rings. The van der Waals surface area contributed by atoms with E-state index in [0.717, 1.165) is 112 Å². The van der Waals surface area contributed by atoms with Gasteiger partial charge in [0.15, 0.2) is 11.4 Å². The molecule has 0 amide bonds. The average Bonchev–Trinajstić information content (AvgIpc) is 0.480. The molecule has 0 unspecified atom stereocenters. The molecule has 0 aromatic heterocycles. The lowest BCUT2D eigenvalue weighted by Gasteiger charge is -2.26. The van der Waals surface area contributed by atoms with E-state index in [1.807, 2.05) is 226 Å². The summed E-state index contributed by atoms with van der Waals surface area (Å²) >= 11 is 0. The van der Waals surface area contributed by atoms with E-state index in [9.17, 15) is 10.5 Å². The summed E-state index contributed by atoms with van der Waals surface area (Å²) in [6, 6.07) is 107. The zero-order chi connectivity index (χ0) is 74.3. The van der Waals surface area contributed by atoms with Gasteiger partial charge in [0.25, 0.3) is 0 Å². The molecule has 0 bridgehead atoms. The second-order valence-corrected chi connectivity index (χ2v) is 26.1. The molecule has 0 aliphatic rings. The fourth-order valence-corrected chi connectivity index (χ4v) is 11.9. The Morgan fingerprint density at radius 3 is 0.698 bits per heavy atom. The molecular formula is C96H82N10. The summed E-state index contributed by atoms with van der Waals surface area (Å²) in [5.74, 6) is 0. The van der Waals surface area contributed by atoms with Gasteiger partial charge in [0.1, 0.15) is 0 Å². The number of para-hydroxylation sites is 2. The van der Waals surface area contributed by atoms with Gasteiger partial charge in [-0.25, -0.2) is 9.69 Å². The Bertz CT molecular complexity index is 4940. The van der Waals surface area contributed by atoms with Crippen LogP contribution in [0.15, 0.2) is 303 Å². The van der Waals surface area contributed by atoms with E-state index in [0.29, 0.717) is 22.5 Å². The molecule has 516 valence electrons. The first-order chi connectivity index (χ1) is 51.6. The lowest BCUT2D eigenvalue weighted by Crippen LogP contribution is -2.11. The van der Waals surface area contributed by atoms with Crippen LogP contribution in [0.25, 0.3) is 80.8 Å². The van der Waals surface area contributed by atoms with Crippen LogP contribution in [-0.2, 0) is 0 Å². The van der Waals surface area contributed by atoms with Gasteiger partial charge in [-0.2, -0.15) is 10.5 Å². The highest BCUT2D eigenvalue weighted by molar-refractivity contribution is 5.94. The molecule has 0 atom stereocenters. The lowest BCUT2D eigenvalue weighted by atomic mass is 10.00. The van der Waals surface area contributed by atoms with Crippen LogP contribution in [0.2, 0.25) is 0 Å². The van der Waals surface area contributed by atoms with Crippen LogP contribution in [0.3, 0.4) is 0 Å². The van der Waals surface area contributed by atoms with E-state index in [1.54, 1.807) is 0 Å². The summed E-state index contributed by atoms with van der Waals surface area (Å²) in [7, 11) is 16.3. The second-order valence-electron chi connectivity index (χ2n) is 26.1. The summed E-state index contributed by atoms with van der Waals surface area (Å²) in [6.45, 7) is 15.8. The maximum absolute atomic E-state index is 10.2. The predicted molar refractivity (Wildman–Crippen MR) is 452 cm³/mol. The summed E-state index contributed by atoms with van der Waals surface area (Å²) in [5.41, 5.74) is 24.4. The fraction of sp³-hybridized carbons (Fsp3) is 0.0833. The van der Waals surface area contributed by atoms with Crippen LogP contribution in [0.5, 0.6) is 0 Å². The average molecular weight is 1380 g/mol. The minimum absolute atomic E-state index is 0.524. The van der Waals surface area contributed by atoms with Gasteiger partial charge in [-0.05, 0) is 212 Å². The quantitative estimate of drug-likeness (QED) is 0.0377. The number of anilines is 10. The van der Waals surface area contributed by atoms with Crippen LogP contribution in [-0.4, -0.2) is 56.4 Å². The number of hydrogen-bond donors (Lipinski definition) is 0. The van der Waals surface area contributed by atoms with Crippen molar-refractivity contribution in [3.05, 3.63) is 393 Å². The van der Waals surface area contributed by atoms with Crippen molar-refractivity contribution in [3.63, 3.8) is 0 Å². The number of rotatable bonds is 22. The Labute approximate surface area is 625 Å². The maximum atomic E-state index is 10.2. The van der Waals surface area contributed by atoms with Gasteiger partial charge < -0.3 is 29.4 Å². The van der Waals surface area contributed by atoms with Gasteiger partial charge in [0.05, 0.1) is 36.4 Å². The third-order valence-corrected chi connectivity index (χ3v) is 17.9. The zero-order valence-corrected chi connectivity index (χ0v) is 61.0. The Kier molecular flexibility index (Phi) is 24.4. The molecule has 12 aromatic carbocycles. The molecule has 0 radical (unpaired) electrons. The van der Waals surface area contributed by atoms with Gasteiger partial charge in [0, 0.05) is 113 Å². The van der Waals surface area contributed by atoms with Gasteiger partial charge in [-0.15, -0.1) is 0 Å². The number of benzene rings is 12. The first-order valence-corrected chi connectivity index (χ1v) is 34.8. The molecule has 0 saturated heterocycles. The SMILES string of the molecule is [C-]#[N+]/C(=C\c1ccc(/C=C/c2ccc(N(C)C)cc2)cc1)c1ccc(/C(C#N)=C/c2ccc(/C=C/c3ccc(N(C)C)cc3)cc2)cc1.[C-]#[N+]/C(=C\c1ccc(N(c2ccccc2)c2ccc(N(C)C)cc2)cc1)c1ccc(/C(C#N)=C/c2ccc(N(c3ccccc3)c3ccc(N(C)C)cc3)cc2)cc1. The highest BCUT2D eigenvalue weighted by Crippen LogP contribution is 2.38. The number of allylic oxidation sites excluding steroid dienone is 2. The predicted octanol–water partition coefficient (Wildman–Crippen LogP) is 23.9. The smallest absolute Gasteiger partial charge is 0.194 e. The van der Waals surface area contributed by atoms with Crippen LogP contribution >= 0.6 is 0 Å². The van der Waals surface area contributed by atoms with Crippen molar-refractivity contribution in [1.29, 1.82) is 10.5 Å². The summed E-state index contributed by atoms with van der Waals surface area (Å²) in [4.78, 5) is 20.5. The van der Waals surface area contributed by atoms with Crippen LogP contribution in [0.4, 0.5) is 56.9 Å². The van der Waals surface area contributed by atoms with Crippen molar-refractivity contribution in [1.82, 2.24) is 0 Å². The number of nitriles is 2. The highest BCUT2D eigenvalue weighted by atomic mass is 15.2. The fourth-order valence-electron chi connectivity index (χ4n) is 11.9. The van der Waals surface area contributed by atoms with Gasteiger partial charge >= 0.3 is 0 Å². The number of nitrogens with zero attached hydrogens (tertiary/aromatic N) is 10. The van der Waals surface area contributed by atoms with Crippen molar-refractivity contribution < 1.29 is 0 Å². The second kappa shape index (κ2) is 35.4. The topological polar surface area (TPSA) is 75.7 Å². The van der Waals surface area contributed by atoms with Crippen LogP contribution in [0.1, 0.15) is 66.8 Å². The van der Waals surface area contributed by atoms with E-state index in [-0.39, 0.29) is 0 Å². The van der Waals surface area contributed by atoms with Crippen molar-refractivity contribution in [3.8, 4) is 12.1 Å². The highest BCUT2D eigenvalue weighted by Gasteiger charge is 2.16. The van der Waals surface area contributed by atoms with E-state index in [4.69, 9.17) is 13.1 Å². The van der Waals surface area contributed by atoms with E-state index < -0.39 is 0 Å². The summed E-state index contributed by atoms with van der Waals surface area (Å²) < 4.78 is 0. The van der Waals surface area contributed by atoms with E-state index in [1.165, 1.54) is 11.4 Å². The molecule has 0 N–H and O–H groups in total. The molecule has 0 spiro atoms. The Hall–Kier alpha value is -14.2. The molecule has 12 rings (SSSR count). The number of hydrogen-bond acceptors (Lipinski definition) is 8. The molecule has 10 heteroatoms. The minimum atomic E-state index is 0.524. The molecule has 106 heavy (non-hydrogen) atoms. The Balaban J connectivity index is 0.000000216. The van der Waals surface area contributed by atoms with E-state index >= 15 is 0 Å². The third-order valence-electron chi connectivity index (χ3n) is 17.9. The van der Waals surface area contributed by atoms with Crippen molar-refractivity contribution >= 4 is 128 Å². The van der Waals surface area contributed by atoms with Gasteiger partial charge in [-0.1, -0.05) is 206 Å². The first kappa shape index (κ1) is 73.1. The van der Waals surface area contributed by atoms with E-state index in [2.05, 4.69) is 233 Å². The van der Waals surface area contributed by atoms with Crippen molar-refractivity contribution in [2.24, 2.45) is 0 Å². The molecular weight excluding hydrogens is 1290 g/mol. The normalized spacial score (nSPS) is 11.5. The summed E-state index contributed by atoms with van der Waals surface area (Å²) in [6.07, 6.45) is 16.0. The molecule has 10 nitrogen and oxygen atoms in total. The van der Waals surface area contributed by atoms with Gasteiger partial charge in [-0.3, -0.25) is 0 Å². The molecule has 0 saturated carbocycles. The van der Waals surface area contributed by atoms with Crippen LogP contribution in [0, 0.1) is 35.8 Å². The van der Waals surface area contributed by atoms with Gasteiger partial charge in [0.2, 0.25) is 0 Å². The monoisotopic (exact) mass is 1370 g/mol. The maximum Gasteiger partial charge on any atom is 0.194 e. The molecule has 0 heterocycles. The lowest BCUT2D eigenvalue weighted by molar-refractivity contribution is 1.13. The largest absolute Gasteiger partial charge is 0.378 e.